The van der Waals surface area contributed by atoms with E-state index in [1.807, 2.05) is 0 Å². The summed E-state index contributed by atoms with van der Waals surface area (Å²) >= 11 is 0. The van der Waals surface area contributed by atoms with E-state index >= 15 is 0 Å². The van der Waals surface area contributed by atoms with Crippen LogP contribution in [0.2, 0.25) is 0 Å². The molecule has 0 heterocycles. The molecule has 0 amide bonds. The second-order valence-electron chi connectivity index (χ2n) is 1.42. The molecule has 62 valence electrons. The molecule has 0 spiro atoms. The van der Waals surface area contributed by atoms with Crippen molar-refractivity contribution in [2.45, 2.75) is 13.8 Å². The fraction of sp³-hybridized carbons (Fsp3) is 1.00. The summed E-state index contributed by atoms with van der Waals surface area (Å²) in [6.07, 6.45) is -3.43. The highest BCUT2D eigenvalue weighted by molar-refractivity contribution is 7.53. The first-order chi connectivity index (χ1) is 5.37. The summed E-state index contributed by atoms with van der Waals surface area (Å²) in [5, 5.41) is 0. The molecule has 0 aromatic carbocycles. The summed E-state index contributed by atoms with van der Waals surface area (Å²) in [5.41, 5.74) is 0. The van der Waals surface area contributed by atoms with Crippen molar-refractivity contribution in [3.8, 4) is 0 Å². The molecular formula is C5H12FO3P. The van der Waals surface area contributed by atoms with Crippen molar-refractivity contribution in [3.63, 3.8) is 0 Å². The highest BCUT2D eigenvalue weighted by atomic mass is 31.2. The molecule has 0 aliphatic heterocycles. The molecule has 0 bridgehead atoms. The Balaban J connectivity index is 4.51. The Bertz CT molecular complexity index is 172. The highest BCUT2D eigenvalue weighted by Crippen LogP contribution is 2.47. The summed E-state index contributed by atoms with van der Waals surface area (Å²) < 4.78 is 45.9. The number of halogens is 1. The van der Waals surface area contributed by atoms with E-state index in [4.69, 9.17) is 2.74 Å². The van der Waals surface area contributed by atoms with E-state index in [-0.39, 0.29) is 13.2 Å². The van der Waals surface area contributed by atoms with E-state index in [9.17, 15) is 8.96 Å². The van der Waals surface area contributed by atoms with Crippen LogP contribution in [0.1, 0.15) is 16.6 Å². The van der Waals surface area contributed by atoms with Crippen molar-refractivity contribution in [2.24, 2.45) is 0 Å². The molecule has 0 aromatic heterocycles. The van der Waals surface area contributed by atoms with Crippen LogP contribution in [0.15, 0.2) is 0 Å². The summed E-state index contributed by atoms with van der Waals surface area (Å²) in [5.74, 6) is 0. The van der Waals surface area contributed by atoms with Crippen LogP contribution in [0.5, 0.6) is 0 Å². The fourth-order valence-electron chi connectivity index (χ4n) is 0.426. The van der Waals surface area contributed by atoms with Crippen molar-refractivity contribution in [1.82, 2.24) is 0 Å². The van der Waals surface area contributed by atoms with Gasteiger partial charge in [0.05, 0.1) is 16.0 Å². The largest absolute Gasteiger partial charge is 0.361 e. The molecule has 0 saturated heterocycles. The minimum Gasteiger partial charge on any atom is -0.307 e. The third-order valence-corrected chi connectivity index (χ3v) is 2.10. The molecule has 0 aromatic rings. The lowest BCUT2D eigenvalue weighted by molar-refractivity contribution is 0.210. The van der Waals surface area contributed by atoms with Crippen LogP contribution in [0.3, 0.4) is 0 Å². The van der Waals surface area contributed by atoms with Crippen LogP contribution < -0.4 is 0 Å². The molecule has 0 radical (unpaired) electrons. The standard InChI is InChI=1S/C5H12FO3P/c1-3-8-10(7,5-6)9-4-2/h3-5H2,1-2H3/i5D2. The van der Waals surface area contributed by atoms with E-state index in [0.29, 0.717) is 0 Å². The smallest absolute Gasteiger partial charge is 0.307 e. The Labute approximate surface area is 62.9 Å². The first-order valence-corrected chi connectivity index (χ1v) is 4.49. The van der Waals surface area contributed by atoms with Crippen molar-refractivity contribution < 1.29 is 20.7 Å². The first-order valence-electron chi connectivity index (χ1n) is 3.95. The van der Waals surface area contributed by atoms with Gasteiger partial charge in [0.1, 0.15) is 0 Å². The zero-order valence-electron chi connectivity index (χ0n) is 7.96. The van der Waals surface area contributed by atoms with Crippen molar-refractivity contribution in [2.75, 3.05) is 19.6 Å². The fourth-order valence-corrected chi connectivity index (χ4v) is 1.28. The van der Waals surface area contributed by atoms with Gasteiger partial charge in [-0.2, -0.15) is 0 Å². The van der Waals surface area contributed by atoms with E-state index in [1.54, 1.807) is 0 Å². The molecule has 5 heteroatoms. The molecule has 10 heavy (non-hydrogen) atoms. The minimum atomic E-state index is -4.24. The van der Waals surface area contributed by atoms with Crippen LogP contribution in [0.4, 0.5) is 4.39 Å². The predicted molar refractivity (Wildman–Crippen MR) is 36.8 cm³/mol. The number of hydrogen-bond acceptors (Lipinski definition) is 3. The van der Waals surface area contributed by atoms with Gasteiger partial charge >= 0.3 is 7.60 Å². The molecule has 0 atom stereocenters. The molecule has 3 nitrogen and oxygen atoms in total. The van der Waals surface area contributed by atoms with E-state index in [2.05, 4.69) is 9.05 Å². The lowest BCUT2D eigenvalue weighted by Crippen LogP contribution is -1.96. The van der Waals surface area contributed by atoms with Crippen LogP contribution in [-0.2, 0) is 13.6 Å². The van der Waals surface area contributed by atoms with Gasteiger partial charge in [0.15, 0.2) is 6.37 Å². The molecule has 0 aliphatic carbocycles. The SMILES string of the molecule is [2H]C([2H])(F)P(=O)(OCC)OCC. The van der Waals surface area contributed by atoms with Gasteiger partial charge in [-0.25, -0.2) is 4.39 Å². The second-order valence-corrected chi connectivity index (χ2v) is 3.10. The second kappa shape index (κ2) is 4.83. The summed E-state index contributed by atoms with van der Waals surface area (Å²) in [6.45, 7) is 2.86. The van der Waals surface area contributed by atoms with Gasteiger partial charge in [0.2, 0.25) is 0 Å². The van der Waals surface area contributed by atoms with Crippen LogP contribution in [0, 0.1) is 0 Å². The normalized spacial score (nSPS) is 16.3. The maximum absolute atomic E-state index is 12.6. The van der Waals surface area contributed by atoms with Gasteiger partial charge in [0, 0.05) is 0 Å². The zero-order valence-corrected chi connectivity index (χ0v) is 6.86. The lowest BCUT2D eigenvalue weighted by atomic mass is 10.9. The van der Waals surface area contributed by atoms with Crippen molar-refractivity contribution in [3.05, 3.63) is 0 Å². The van der Waals surface area contributed by atoms with Gasteiger partial charge in [0.25, 0.3) is 0 Å². The van der Waals surface area contributed by atoms with Gasteiger partial charge in [-0.1, -0.05) is 0 Å². The summed E-state index contributed by atoms with van der Waals surface area (Å²) in [7, 11) is -4.24. The maximum Gasteiger partial charge on any atom is 0.361 e. The summed E-state index contributed by atoms with van der Waals surface area (Å²) in [6, 6.07) is 0. The van der Waals surface area contributed by atoms with E-state index in [0.717, 1.165) is 0 Å². The minimum absolute atomic E-state index is 0.0549. The van der Waals surface area contributed by atoms with Gasteiger partial charge in [-0.05, 0) is 13.8 Å². The average Bonchev–Trinajstić information content (AvgIpc) is 1.86. The van der Waals surface area contributed by atoms with Crippen LogP contribution >= 0.6 is 7.60 Å². The Morgan fingerprint density at radius 3 is 2.10 bits per heavy atom. The zero-order chi connectivity index (χ0) is 9.83. The van der Waals surface area contributed by atoms with Crippen LogP contribution in [0.25, 0.3) is 0 Å². The lowest BCUT2D eigenvalue weighted by Gasteiger charge is -2.11. The number of alkyl halides is 1. The number of rotatable bonds is 5. The third-order valence-electron chi connectivity index (χ3n) is 0.702. The topological polar surface area (TPSA) is 35.5 Å². The predicted octanol–water partition coefficient (Wildman–Crippen LogP) is 2.18. The molecular weight excluding hydrogens is 158 g/mol. The average molecular weight is 172 g/mol. The molecule has 0 fully saturated rings. The van der Waals surface area contributed by atoms with Crippen LogP contribution in [-0.4, -0.2) is 19.6 Å². The van der Waals surface area contributed by atoms with Crippen molar-refractivity contribution in [1.29, 1.82) is 0 Å². The van der Waals surface area contributed by atoms with Gasteiger partial charge < -0.3 is 9.05 Å². The molecule has 0 saturated carbocycles. The maximum atomic E-state index is 12.6. The third kappa shape index (κ3) is 3.30. The summed E-state index contributed by atoms with van der Waals surface area (Å²) in [4.78, 5) is 0. The molecule has 0 aliphatic rings. The Kier molecular flexibility index (Phi) is 3.27. The molecule has 0 N–H and O–H groups in total. The van der Waals surface area contributed by atoms with Gasteiger partial charge in [-0.15, -0.1) is 0 Å². The molecule has 0 rings (SSSR count). The van der Waals surface area contributed by atoms with E-state index < -0.39 is 14.0 Å². The Morgan fingerprint density at radius 1 is 1.50 bits per heavy atom. The number of hydrogen-bond donors (Lipinski definition) is 0. The highest BCUT2D eigenvalue weighted by Gasteiger charge is 2.22. The Hall–Kier alpha value is 0.0800. The quantitative estimate of drug-likeness (QED) is 0.596. The van der Waals surface area contributed by atoms with Crippen molar-refractivity contribution >= 4 is 7.60 Å². The first kappa shape index (κ1) is 6.77. The van der Waals surface area contributed by atoms with E-state index in [1.165, 1.54) is 13.8 Å². The van der Waals surface area contributed by atoms with Gasteiger partial charge in [-0.3, -0.25) is 4.57 Å². The molecule has 0 unspecified atom stereocenters. The Morgan fingerprint density at radius 2 is 1.90 bits per heavy atom. The monoisotopic (exact) mass is 172 g/mol.